The number of amides is 1. The van der Waals surface area contributed by atoms with Gasteiger partial charge >= 0.3 is 0 Å². The molecule has 0 unspecified atom stereocenters. The number of nitrogens with one attached hydrogen (secondary N) is 2. The highest BCUT2D eigenvalue weighted by Gasteiger charge is 2.08. The molecule has 0 aliphatic rings. The number of fused-ring (bicyclic) bond motifs is 1. The standard InChI is InChI=1S/C18H16N6O/c1-12-19-8-9-24(12)15-5-2-13(3-6-15)11-20-18(25)14-4-7-16-17(10-14)22-23-21-16/h2-10H,11H2,1H3,(H,20,25)(H,21,22,23). The number of carbonyl (C=O) groups excluding carboxylic acids is 1. The predicted molar refractivity (Wildman–Crippen MR) is 93.4 cm³/mol. The molecule has 0 bridgehead atoms. The average Bonchev–Trinajstić information content (AvgIpc) is 3.28. The Morgan fingerprint density at radius 2 is 1.92 bits per heavy atom. The van der Waals surface area contributed by atoms with Crippen LogP contribution in [0.5, 0.6) is 0 Å². The Bertz CT molecular complexity index is 1030. The molecular weight excluding hydrogens is 316 g/mol. The van der Waals surface area contributed by atoms with Crippen LogP contribution in [0.4, 0.5) is 0 Å². The fraction of sp³-hybridized carbons (Fsp3) is 0.111. The van der Waals surface area contributed by atoms with Gasteiger partial charge in [-0.2, -0.15) is 15.4 Å². The fourth-order valence-electron chi connectivity index (χ4n) is 2.69. The Hall–Kier alpha value is -3.48. The molecule has 0 aliphatic carbocycles. The van der Waals surface area contributed by atoms with E-state index in [2.05, 4.69) is 25.7 Å². The first-order chi connectivity index (χ1) is 12.2. The number of carbonyl (C=O) groups is 1. The van der Waals surface area contributed by atoms with E-state index in [0.717, 1.165) is 22.6 Å². The molecule has 0 radical (unpaired) electrons. The summed E-state index contributed by atoms with van der Waals surface area (Å²) < 4.78 is 2.01. The van der Waals surface area contributed by atoms with E-state index in [4.69, 9.17) is 0 Å². The summed E-state index contributed by atoms with van der Waals surface area (Å²) in [7, 11) is 0. The largest absolute Gasteiger partial charge is 0.348 e. The van der Waals surface area contributed by atoms with E-state index in [1.54, 1.807) is 24.4 Å². The van der Waals surface area contributed by atoms with Crippen molar-refractivity contribution in [2.75, 3.05) is 0 Å². The molecule has 124 valence electrons. The zero-order valence-electron chi connectivity index (χ0n) is 13.6. The van der Waals surface area contributed by atoms with Gasteiger partial charge in [-0.15, -0.1) is 0 Å². The van der Waals surface area contributed by atoms with Crippen LogP contribution >= 0.6 is 0 Å². The van der Waals surface area contributed by atoms with Crippen LogP contribution in [0.25, 0.3) is 16.7 Å². The molecule has 4 rings (SSSR count). The van der Waals surface area contributed by atoms with E-state index in [-0.39, 0.29) is 5.91 Å². The van der Waals surface area contributed by atoms with Crippen LogP contribution in [-0.2, 0) is 6.54 Å². The molecule has 0 spiro atoms. The van der Waals surface area contributed by atoms with Crippen molar-refractivity contribution in [3.05, 3.63) is 71.8 Å². The van der Waals surface area contributed by atoms with Gasteiger partial charge in [0.1, 0.15) is 16.9 Å². The maximum absolute atomic E-state index is 12.3. The topological polar surface area (TPSA) is 88.5 Å². The minimum atomic E-state index is -0.139. The van der Waals surface area contributed by atoms with E-state index < -0.39 is 0 Å². The maximum Gasteiger partial charge on any atom is 0.251 e. The third kappa shape index (κ3) is 2.99. The summed E-state index contributed by atoms with van der Waals surface area (Å²) in [5, 5.41) is 13.4. The number of hydrogen-bond acceptors (Lipinski definition) is 4. The summed E-state index contributed by atoms with van der Waals surface area (Å²) in [6.45, 7) is 2.42. The molecule has 0 aliphatic heterocycles. The SMILES string of the molecule is Cc1nccn1-c1ccc(CNC(=O)c2ccc3n[nH]nc3c2)cc1. The number of imidazole rings is 1. The summed E-state index contributed by atoms with van der Waals surface area (Å²) in [5.74, 6) is 0.795. The number of aromatic amines is 1. The second-order valence-corrected chi connectivity index (χ2v) is 5.72. The van der Waals surface area contributed by atoms with Crippen molar-refractivity contribution in [3.8, 4) is 5.69 Å². The normalized spacial score (nSPS) is 10.9. The summed E-state index contributed by atoms with van der Waals surface area (Å²) >= 11 is 0. The number of nitrogens with zero attached hydrogens (tertiary/aromatic N) is 4. The summed E-state index contributed by atoms with van der Waals surface area (Å²) in [6, 6.07) is 13.3. The molecule has 2 N–H and O–H groups in total. The minimum absolute atomic E-state index is 0.139. The third-order valence-electron chi connectivity index (χ3n) is 4.07. The maximum atomic E-state index is 12.3. The van der Waals surface area contributed by atoms with E-state index in [0.29, 0.717) is 17.6 Å². The smallest absolute Gasteiger partial charge is 0.251 e. The van der Waals surface area contributed by atoms with Crippen molar-refractivity contribution < 1.29 is 4.79 Å². The third-order valence-corrected chi connectivity index (χ3v) is 4.07. The molecule has 4 aromatic rings. The number of aromatic nitrogens is 5. The van der Waals surface area contributed by atoms with Gasteiger partial charge in [0.05, 0.1) is 0 Å². The lowest BCUT2D eigenvalue weighted by molar-refractivity contribution is 0.0951. The summed E-state index contributed by atoms with van der Waals surface area (Å²) in [5.41, 5.74) is 4.04. The first kappa shape index (κ1) is 15.1. The lowest BCUT2D eigenvalue weighted by Crippen LogP contribution is -2.22. The molecule has 1 amide bonds. The molecule has 7 heteroatoms. The van der Waals surface area contributed by atoms with Crippen molar-refractivity contribution in [2.45, 2.75) is 13.5 Å². The molecule has 25 heavy (non-hydrogen) atoms. The van der Waals surface area contributed by atoms with E-state index in [1.165, 1.54) is 0 Å². The van der Waals surface area contributed by atoms with Gasteiger partial charge in [0.2, 0.25) is 0 Å². The Labute approximate surface area is 143 Å². The van der Waals surface area contributed by atoms with Crippen molar-refractivity contribution >= 4 is 16.9 Å². The quantitative estimate of drug-likeness (QED) is 0.600. The molecule has 2 heterocycles. The Morgan fingerprint density at radius 1 is 1.12 bits per heavy atom. The molecule has 7 nitrogen and oxygen atoms in total. The molecular formula is C18H16N6O. The van der Waals surface area contributed by atoms with Crippen LogP contribution in [0.2, 0.25) is 0 Å². The number of H-pyrrole nitrogens is 1. The molecule has 0 saturated heterocycles. The van der Waals surface area contributed by atoms with Crippen LogP contribution < -0.4 is 5.32 Å². The van der Waals surface area contributed by atoms with Crippen LogP contribution in [-0.4, -0.2) is 30.9 Å². The average molecular weight is 332 g/mol. The second kappa shape index (κ2) is 6.20. The summed E-state index contributed by atoms with van der Waals surface area (Å²) in [6.07, 6.45) is 3.70. The van der Waals surface area contributed by atoms with Gasteiger partial charge in [-0.05, 0) is 42.8 Å². The van der Waals surface area contributed by atoms with E-state index in [9.17, 15) is 4.79 Å². The zero-order valence-corrected chi connectivity index (χ0v) is 13.6. The molecule has 2 aromatic carbocycles. The predicted octanol–water partition coefficient (Wildman–Crippen LogP) is 2.38. The van der Waals surface area contributed by atoms with E-state index >= 15 is 0 Å². The van der Waals surface area contributed by atoms with Crippen molar-refractivity contribution in [1.82, 2.24) is 30.3 Å². The van der Waals surface area contributed by atoms with Crippen LogP contribution in [0.3, 0.4) is 0 Å². The highest BCUT2D eigenvalue weighted by molar-refractivity contribution is 5.97. The van der Waals surface area contributed by atoms with Gasteiger partial charge in [-0.25, -0.2) is 4.98 Å². The van der Waals surface area contributed by atoms with Gasteiger partial charge in [-0.3, -0.25) is 4.79 Å². The Balaban J connectivity index is 1.44. The molecule has 0 fully saturated rings. The van der Waals surface area contributed by atoms with Gasteiger partial charge in [0, 0.05) is 30.2 Å². The highest BCUT2D eigenvalue weighted by atomic mass is 16.1. The van der Waals surface area contributed by atoms with Crippen LogP contribution in [0.15, 0.2) is 54.9 Å². The molecule has 0 atom stereocenters. The van der Waals surface area contributed by atoms with Gasteiger partial charge in [0.25, 0.3) is 5.91 Å². The van der Waals surface area contributed by atoms with Crippen LogP contribution in [0.1, 0.15) is 21.7 Å². The first-order valence-corrected chi connectivity index (χ1v) is 7.89. The van der Waals surface area contributed by atoms with Crippen LogP contribution in [0, 0.1) is 6.92 Å². The number of rotatable bonds is 4. The van der Waals surface area contributed by atoms with Crippen molar-refractivity contribution in [2.24, 2.45) is 0 Å². The lowest BCUT2D eigenvalue weighted by atomic mass is 10.1. The lowest BCUT2D eigenvalue weighted by Gasteiger charge is -2.08. The second-order valence-electron chi connectivity index (χ2n) is 5.72. The Kier molecular flexibility index (Phi) is 3.74. The number of hydrogen-bond donors (Lipinski definition) is 2. The molecule has 0 saturated carbocycles. The minimum Gasteiger partial charge on any atom is -0.348 e. The van der Waals surface area contributed by atoms with Gasteiger partial charge < -0.3 is 9.88 Å². The first-order valence-electron chi connectivity index (χ1n) is 7.89. The summed E-state index contributed by atoms with van der Waals surface area (Å²) in [4.78, 5) is 16.5. The number of benzene rings is 2. The monoisotopic (exact) mass is 332 g/mol. The highest BCUT2D eigenvalue weighted by Crippen LogP contribution is 2.13. The number of aryl methyl sites for hydroxylation is 1. The Morgan fingerprint density at radius 3 is 2.68 bits per heavy atom. The molecule has 2 aromatic heterocycles. The van der Waals surface area contributed by atoms with E-state index in [1.807, 2.05) is 42.0 Å². The van der Waals surface area contributed by atoms with Crippen molar-refractivity contribution in [3.63, 3.8) is 0 Å². The zero-order chi connectivity index (χ0) is 17.2. The fourth-order valence-corrected chi connectivity index (χ4v) is 2.69. The van der Waals surface area contributed by atoms with Crippen molar-refractivity contribution in [1.29, 1.82) is 0 Å². The van der Waals surface area contributed by atoms with Gasteiger partial charge in [0.15, 0.2) is 0 Å². The van der Waals surface area contributed by atoms with Gasteiger partial charge in [-0.1, -0.05) is 12.1 Å².